The molecule has 1 aliphatic heterocycles. The number of hydrogen-bond donors (Lipinski definition) is 1. The first kappa shape index (κ1) is 30.9. The number of aryl methyl sites for hydroxylation is 2. The number of hydrogen-bond acceptors (Lipinski definition) is 4. The summed E-state index contributed by atoms with van der Waals surface area (Å²) in [5, 5.41) is 0. The summed E-state index contributed by atoms with van der Waals surface area (Å²) in [5.74, 6) is 0.110. The molecular weight excluding hydrogens is 470 g/mol. The second kappa shape index (κ2) is 14.5. The van der Waals surface area contributed by atoms with E-state index in [9.17, 15) is 12.8 Å². The second-order valence-corrected chi connectivity index (χ2v) is 11.3. The van der Waals surface area contributed by atoms with Gasteiger partial charge in [0.05, 0.1) is 17.1 Å². The Hall–Kier alpha value is -1.36. The van der Waals surface area contributed by atoms with Gasteiger partial charge in [-0.3, -0.25) is 4.90 Å². The molecule has 1 aliphatic carbocycles. The van der Waals surface area contributed by atoms with Crippen molar-refractivity contribution in [1.82, 2.24) is 4.90 Å². The van der Waals surface area contributed by atoms with E-state index in [4.69, 9.17) is 4.74 Å². The van der Waals surface area contributed by atoms with E-state index in [-0.39, 0.29) is 29.4 Å². The van der Waals surface area contributed by atoms with E-state index < -0.39 is 15.8 Å². The quantitative estimate of drug-likeness (QED) is 0.440. The van der Waals surface area contributed by atoms with E-state index in [1.807, 2.05) is 6.07 Å². The molecule has 0 amide bonds. The number of nitrogens with zero attached hydrogens (tertiary/aromatic N) is 1. The first-order valence-corrected chi connectivity index (χ1v) is 14.0. The molecule has 36 heavy (non-hydrogen) atoms. The van der Waals surface area contributed by atoms with Crippen LogP contribution < -0.4 is 23.6 Å². The van der Waals surface area contributed by atoms with Crippen LogP contribution in [0.1, 0.15) is 50.7 Å². The largest absolute Gasteiger partial charge is 1.00 e. The van der Waals surface area contributed by atoms with Crippen molar-refractivity contribution in [2.24, 2.45) is 5.92 Å². The summed E-state index contributed by atoms with van der Waals surface area (Å²) in [7, 11) is -3.70. The van der Waals surface area contributed by atoms with Gasteiger partial charge in [-0.15, -0.1) is 18.2 Å². The Morgan fingerprint density at radius 1 is 1.14 bits per heavy atom. The van der Waals surface area contributed by atoms with Crippen molar-refractivity contribution >= 4 is 15.7 Å². The fourth-order valence-electron chi connectivity index (χ4n) is 4.83. The van der Waals surface area contributed by atoms with Gasteiger partial charge in [-0.25, -0.2) is 12.8 Å². The van der Waals surface area contributed by atoms with Gasteiger partial charge in [-0.05, 0) is 62.9 Å². The van der Waals surface area contributed by atoms with Gasteiger partial charge in [0, 0.05) is 18.9 Å². The standard InChI is InChI=1S/C15H13FNO2S.C13H25NO.Li/c16-13-5-2-6-14(10-13)17-20(18,19)15-8-7-11-3-1-4-12(11)9-15;1-5-7-13(6-2)10-14-8-11(3)15-12(4)9-14;/h2,5-9,17H,1,3-4H2;11-13H,1-2,5-10H2,3-4H3;/q-1;-2;+1/t;11-,12+,13?;. The first-order valence-electron chi connectivity index (χ1n) is 12.5. The van der Waals surface area contributed by atoms with Crippen molar-refractivity contribution in [2.45, 2.75) is 69.5 Å². The van der Waals surface area contributed by atoms with Gasteiger partial charge in [-0.2, -0.15) is 18.9 Å². The van der Waals surface area contributed by atoms with E-state index in [0.717, 1.165) is 57.3 Å². The third-order valence-electron chi connectivity index (χ3n) is 6.42. The molecule has 194 valence electrons. The van der Waals surface area contributed by atoms with Crippen LogP contribution in [0.2, 0.25) is 0 Å². The predicted molar refractivity (Wildman–Crippen MR) is 139 cm³/mol. The number of anilines is 1. The number of benzene rings is 2. The molecular formula is C28H38FLiN2O3S-2. The normalized spacial score (nSPS) is 20.5. The van der Waals surface area contributed by atoms with Crippen LogP contribution in [0.15, 0.2) is 41.3 Å². The Balaban J connectivity index is 0.000000258. The van der Waals surface area contributed by atoms with Crippen LogP contribution >= 0.6 is 0 Å². The summed E-state index contributed by atoms with van der Waals surface area (Å²) in [5.41, 5.74) is 2.39. The van der Waals surface area contributed by atoms with E-state index in [0.29, 0.717) is 18.1 Å². The van der Waals surface area contributed by atoms with Gasteiger partial charge in [0.15, 0.2) is 0 Å². The van der Waals surface area contributed by atoms with Gasteiger partial charge < -0.3 is 23.3 Å². The predicted octanol–water partition coefficient (Wildman–Crippen LogP) is 2.47. The molecule has 1 saturated heterocycles. The third-order valence-corrected chi connectivity index (χ3v) is 7.78. The molecule has 1 heterocycles. The molecule has 2 aliphatic rings. The Labute approximate surface area is 229 Å². The van der Waals surface area contributed by atoms with E-state index >= 15 is 0 Å². The molecule has 3 atom stereocenters. The van der Waals surface area contributed by atoms with Crippen molar-refractivity contribution in [3.8, 4) is 0 Å². The van der Waals surface area contributed by atoms with Crippen molar-refractivity contribution < 1.29 is 36.4 Å². The maximum atomic E-state index is 13.0. The molecule has 0 radical (unpaired) electrons. The van der Waals surface area contributed by atoms with Crippen LogP contribution in [0.5, 0.6) is 0 Å². The van der Waals surface area contributed by atoms with Crippen LogP contribution in [0.4, 0.5) is 10.1 Å². The van der Waals surface area contributed by atoms with Gasteiger partial charge in [0.1, 0.15) is 0 Å². The van der Waals surface area contributed by atoms with E-state index in [1.54, 1.807) is 12.1 Å². The van der Waals surface area contributed by atoms with Crippen molar-refractivity contribution in [1.29, 1.82) is 0 Å². The number of fused-ring (bicyclic) bond motifs is 1. The number of sulfonamides is 1. The van der Waals surface area contributed by atoms with Crippen LogP contribution in [0.25, 0.3) is 0 Å². The Morgan fingerprint density at radius 2 is 1.83 bits per heavy atom. The molecule has 1 unspecified atom stereocenters. The van der Waals surface area contributed by atoms with E-state index in [2.05, 4.69) is 43.4 Å². The van der Waals surface area contributed by atoms with Crippen molar-refractivity contribution in [3.63, 3.8) is 0 Å². The third kappa shape index (κ3) is 9.19. The average molecular weight is 509 g/mol. The number of nitrogens with one attached hydrogen (secondary N) is 1. The summed E-state index contributed by atoms with van der Waals surface area (Å²) >= 11 is 0. The molecule has 4 rings (SSSR count). The average Bonchev–Trinajstić information content (AvgIpc) is 3.26. The smallest absolute Gasteiger partial charge is 0.373 e. The molecule has 5 nitrogen and oxygen atoms in total. The molecule has 0 saturated carbocycles. The zero-order chi connectivity index (χ0) is 25.4. The molecule has 2 aromatic carbocycles. The number of morpholine rings is 1. The fraction of sp³-hybridized carbons (Fsp3) is 0.500. The summed E-state index contributed by atoms with van der Waals surface area (Å²) in [6.07, 6.45) is 6.96. The molecule has 1 N–H and O–H groups in total. The summed E-state index contributed by atoms with van der Waals surface area (Å²) in [6.45, 7) is 15.6. The number of rotatable bonds is 8. The molecule has 0 aromatic heterocycles. The zero-order valence-electron chi connectivity index (χ0n) is 21.9. The first-order chi connectivity index (χ1) is 16.7. The Morgan fingerprint density at radius 3 is 2.47 bits per heavy atom. The summed E-state index contributed by atoms with van der Waals surface area (Å²) in [6, 6.07) is 11.6. The molecule has 8 heteroatoms. The van der Waals surface area contributed by atoms with Gasteiger partial charge in [0.2, 0.25) is 0 Å². The summed E-state index contributed by atoms with van der Waals surface area (Å²) < 4.78 is 45.6. The minimum absolute atomic E-state index is 0. The zero-order valence-corrected chi connectivity index (χ0v) is 22.7. The molecule has 1 fully saturated rings. The second-order valence-electron chi connectivity index (χ2n) is 9.57. The van der Waals surface area contributed by atoms with Crippen molar-refractivity contribution in [2.75, 3.05) is 24.4 Å². The summed E-state index contributed by atoms with van der Waals surface area (Å²) in [4.78, 5) is 2.72. The molecule has 0 bridgehead atoms. The van der Waals surface area contributed by atoms with Crippen LogP contribution in [0, 0.1) is 31.6 Å². The SMILES string of the molecule is O=S(=O)(Nc1[c-]c(F)ccc1)c1ccc2c(c1)CCC2.[CH2-]CCC(C[CH2-])CN1C[C@@H](C)O[C@@H](C)C1.[Li+]. The fourth-order valence-corrected chi connectivity index (χ4v) is 5.90. The molecule has 0 spiro atoms. The topological polar surface area (TPSA) is 58.6 Å². The minimum Gasteiger partial charge on any atom is -0.373 e. The minimum atomic E-state index is -3.70. The Bertz CT molecular complexity index is 1060. The van der Waals surface area contributed by atoms with Crippen LogP contribution in [0.3, 0.4) is 0 Å². The number of ether oxygens (including phenoxy) is 1. The van der Waals surface area contributed by atoms with Gasteiger partial charge in [0.25, 0.3) is 10.0 Å². The van der Waals surface area contributed by atoms with Crippen LogP contribution in [-0.4, -0.2) is 45.2 Å². The maximum absolute atomic E-state index is 13.0. The maximum Gasteiger partial charge on any atom is 1.00 e. The van der Waals surface area contributed by atoms with E-state index in [1.165, 1.54) is 30.2 Å². The van der Waals surface area contributed by atoms with Crippen LogP contribution in [-0.2, 0) is 27.6 Å². The Kier molecular flexibility index (Phi) is 12.5. The monoisotopic (exact) mass is 508 g/mol. The number of halogens is 1. The van der Waals surface area contributed by atoms with Gasteiger partial charge in [-0.1, -0.05) is 24.1 Å². The molecule has 2 aromatic rings. The van der Waals surface area contributed by atoms with Gasteiger partial charge >= 0.3 is 18.9 Å². The van der Waals surface area contributed by atoms with Crippen molar-refractivity contribution in [3.05, 3.63) is 73.3 Å².